The smallest absolute Gasteiger partial charge is 0.0626 e. The quantitative estimate of drug-likeness (QED) is 0.121. The number of benzene rings is 13. The summed E-state index contributed by atoms with van der Waals surface area (Å²) in [6.45, 7) is 0. The number of fused-ring (bicyclic) bond motifs is 11. The molecule has 0 heterocycles. The van der Waals surface area contributed by atoms with Gasteiger partial charge in [-0.15, -0.1) is 0 Å². The number of hydrogen-bond acceptors (Lipinski definition) is 2. The van der Waals surface area contributed by atoms with E-state index in [4.69, 9.17) is 0 Å². The van der Waals surface area contributed by atoms with Crippen LogP contribution in [0.15, 0.2) is 243 Å². The molecule has 0 saturated heterocycles. The van der Waals surface area contributed by atoms with Gasteiger partial charge < -0.3 is 9.80 Å². The molecule has 0 amide bonds. The maximum absolute atomic E-state index is 2.58. The number of hydrogen-bond donors (Lipinski definition) is 0. The van der Waals surface area contributed by atoms with Crippen molar-refractivity contribution in [3.63, 3.8) is 0 Å². The molecule has 0 fully saturated rings. The number of para-hydroxylation sites is 2. The van der Waals surface area contributed by atoms with Gasteiger partial charge in [-0.3, -0.25) is 0 Å². The predicted molar refractivity (Wildman–Crippen MR) is 293 cm³/mol. The molecule has 0 aliphatic carbocycles. The van der Waals surface area contributed by atoms with Gasteiger partial charge in [0.2, 0.25) is 0 Å². The molecule has 15 aromatic carbocycles. The molecular formula is C66H40N2. The molecule has 0 aliphatic rings. The van der Waals surface area contributed by atoms with Crippen molar-refractivity contribution in [2.75, 3.05) is 9.80 Å². The van der Waals surface area contributed by atoms with Gasteiger partial charge in [-0.25, -0.2) is 0 Å². The molecule has 314 valence electrons. The van der Waals surface area contributed by atoms with Crippen LogP contribution >= 0.6 is 0 Å². The van der Waals surface area contributed by atoms with Crippen LogP contribution in [0.3, 0.4) is 0 Å². The second-order valence-electron chi connectivity index (χ2n) is 18.3. The molecule has 0 N–H and O–H groups in total. The van der Waals surface area contributed by atoms with Crippen LogP contribution < -0.4 is 9.80 Å². The summed E-state index contributed by atoms with van der Waals surface area (Å²) in [5.41, 5.74) is 6.83. The Morgan fingerprint density at radius 2 is 0.574 bits per heavy atom. The van der Waals surface area contributed by atoms with E-state index < -0.39 is 0 Å². The third-order valence-corrected chi connectivity index (χ3v) is 14.8. The minimum absolute atomic E-state index is 1.10. The van der Waals surface area contributed by atoms with E-state index in [-0.39, 0.29) is 0 Å². The summed E-state index contributed by atoms with van der Waals surface area (Å²) in [6.07, 6.45) is 0. The molecule has 15 rings (SSSR count). The van der Waals surface area contributed by atoms with Crippen molar-refractivity contribution in [1.29, 1.82) is 0 Å². The topological polar surface area (TPSA) is 6.48 Å². The van der Waals surface area contributed by atoms with E-state index >= 15 is 0 Å². The van der Waals surface area contributed by atoms with E-state index in [9.17, 15) is 0 Å². The van der Waals surface area contributed by atoms with Gasteiger partial charge in [0.15, 0.2) is 0 Å². The number of nitrogens with zero attached hydrogens (tertiary/aromatic N) is 2. The molecule has 68 heavy (non-hydrogen) atoms. The lowest BCUT2D eigenvalue weighted by molar-refractivity contribution is 1.31. The maximum atomic E-state index is 2.58. The summed E-state index contributed by atoms with van der Waals surface area (Å²) in [4.78, 5) is 5.16. The van der Waals surface area contributed by atoms with Crippen molar-refractivity contribution in [3.05, 3.63) is 243 Å². The van der Waals surface area contributed by atoms with Gasteiger partial charge in [-0.2, -0.15) is 0 Å². The zero-order chi connectivity index (χ0) is 44.5. The van der Waals surface area contributed by atoms with Gasteiger partial charge >= 0.3 is 0 Å². The fraction of sp³-hybridized carbons (Fsp3) is 0. The van der Waals surface area contributed by atoms with E-state index in [1.807, 2.05) is 0 Å². The summed E-state index contributed by atoms with van der Waals surface area (Å²) in [5.74, 6) is 0. The van der Waals surface area contributed by atoms with Crippen LogP contribution in [0.1, 0.15) is 0 Å². The van der Waals surface area contributed by atoms with Crippen molar-refractivity contribution in [1.82, 2.24) is 0 Å². The molecule has 0 unspecified atom stereocenters. The first-order valence-electron chi connectivity index (χ1n) is 23.6. The first kappa shape index (κ1) is 37.3. The molecular weight excluding hydrogens is 821 g/mol. The van der Waals surface area contributed by atoms with Gasteiger partial charge in [0.05, 0.1) is 22.7 Å². The summed E-state index contributed by atoms with van der Waals surface area (Å²) in [5, 5.41) is 24.9. The highest BCUT2D eigenvalue weighted by Crippen LogP contribution is 2.59. The summed E-state index contributed by atoms with van der Waals surface area (Å²) >= 11 is 0. The fourth-order valence-electron chi connectivity index (χ4n) is 12.0. The Balaban J connectivity index is 1.26. The molecule has 15 aromatic rings. The molecule has 0 spiro atoms. The Kier molecular flexibility index (Phi) is 7.81. The lowest BCUT2D eigenvalue weighted by Crippen LogP contribution is -2.14. The van der Waals surface area contributed by atoms with Crippen molar-refractivity contribution >= 4 is 142 Å². The third kappa shape index (κ3) is 5.17. The monoisotopic (exact) mass is 860 g/mol. The molecule has 0 aliphatic heterocycles. The van der Waals surface area contributed by atoms with E-state index in [1.54, 1.807) is 0 Å². The fourth-order valence-corrected chi connectivity index (χ4v) is 12.0. The third-order valence-electron chi connectivity index (χ3n) is 14.8. The maximum Gasteiger partial charge on any atom is 0.0626 e. The van der Waals surface area contributed by atoms with Crippen molar-refractivity contribution < 1.29 is 0 Å². The Labute approximate surface area is 392 Å². The van der Waals surface area contributed by atoms with Crippen LogP contribution in [0.25, 0.3) is 108 Å². The van der Waals surface area contributed by atoms with Crippen LogP contribution in [0, 0.1) is 0 Å². The SMILES string of the molecule is c1ccc(N(c2cccc3ccccc23)c2c3cc4c(cc3c(N(c3ccccc3)c3cccc5ccccc35)c3c5cc6ccccc6c6cccc(c23)c65)c2cccc3cccc4c32)cc1. The highest BCUT2D eigenvalue weighted by atomic mass is 15.2. The van der Waals surface area contributed by atoms with Crippen molar-refractivity contribution in [2.24, 2.45) is 0 Å². The van der Waals surface area contributed by atoms with Crippen LogP contribution in [0.5, 0.6) is 0 Å². The van der Waals surface area contributed by atoms with E-state index in [0.29, 0.717) is 0 Å². The lowest BCUT2D eigenvalue weighted by Gasteiger charge is -2.33. The van der Waals surface area contributed by atoms with Crippen LogP contribution in [-0.4, -0.2) is 0 Å². The molecule has 2 nitrogen and oxygen atoms in total. The first-order valence-corrected chi connectivity index (χ1v) is 23.6. The van der Waals surface area contributed by atoms with Crippen molar-refractivity contribution in [3.8, 4) is 0 Å². The van der Waals surface area contributed by atoms with E-state index in [2.05, 4.69) is 252 Å². The average Bonchev–Trinajstić information content (AvgIpc) is 3.90. The Bertz CT molecular complexity index is 4480. The molecule has 0 bridgehead atoms. The first-order chi connectivity index (χ1) is 33.8. The van der Waals surface area contributed by atoms with Crippen molar-refractivity contribution in [2.45, 2.75) is 0 Å². The van der Waals surface area contributed by atoms with Crippen LogP contribution in [0.4, 0.5) is 34.1 Å². The van der Waals surface area contributed by atoms with Gasteiger partial charge in [-0.1, -0.05) is 188 Å². The summed E-state index contributed by atoms with van der Waals surface area (Å²) < 4.78 is 0. The Hall–Kier alpha value is -8.98. The number of rotatable bonds is 6. The standard InChI is InChI=1S/C66H40N2/c1-3-25-45(26-4-1)67(59-36-15-21-41-18-7-11-30-48(41)59)65-56-39-54-51-32-13-23-43-24-14-33-52(61(43)51)55(54)40-57(56)66(68(46-27-5-2-6-28-46)60-37-16-22-42-19-8-12-31-49(42)60)64-58-38-44-20-9-10-29-47(44)50-34-17-35-53(62(50)58)63(64)65/h1-40H. The zero-order valence-electron chi connectivity index (χ0n) is 37.0. The predicted octanol–water partition coefficient (Wildman–Crippen LogP) is 19.0. The molecule has 0 radical (unpaired) electrons. The second-order valence-corrected chi connectivity index (χ2v) is 18.3. The minimum Gasteiger partial charge on any atom is -0.309 e. The minimum atomic E-state index is 1.10. The van der Waals surface area contributed by atoms with Gasteiger partial charge in [0.1, 0.15) is 0 Å². The summed E-state index contributed by atoms with van der Waals surface area (Å²) in [6, 6.07) is 90.5. The molecule has 0 aromatic heterocycles. The Morgan fingerprint density at radius 3 is 1.13 bits per heavy atom. The highest BCUT2D eigenvalue weighted by molar-refractivity contribution is 6.44. The molecule has 0 atom stereocenters. The highest BCUT2D eigenvalue weighted by Gasteiger charge is 2.32. The van der Waals surface area contributed by atoms with E-state index in [1.165, 1.54) is 119 Å². The zero-order valence-corrected chi connectivity index (χ0v) is 37.0. The Morgan fingerprint density at radius 1 is 0.191 bits per heavy atom. The number of anilines is 6. The van der Waals surface area contributed by atoms with Gasteiger partial charge in [0.25, 0.3) is 0 Å². The van der Waals surface area contributed by atoms with E-state index in [0.717, 1.165) is 22.7 Å². The van der Waals surface area contributed by atoms with Gasteiger partial charge in [-0.05, 0) is 130 Å². The van der Waals surface area contributed by atoms with Crippen LogP contribution in [-0.2, 0) is 0 Å². The van der Waals surface area contributed by atoms with Gasteiger partial charge in [0, 0.05) is 43.7 Å². The summed E-state index contributed by atoms with van der Waals surface area (Å²) in [7, 11) is 0. The molecule has 2 heteroatoms. The normalized spacial score (nSPS) is 12.1. The molecule has 0 saturated carbocycles. The average molecular weight is 861 g/mol. The largest absolute Gasteiger partial charge is 0.309 e. The van der Waals surface area contributed by atoms with Crippen LogP contribution in [0.2, 0.25) is 0 Å². The second kappa shape index (κ2) is 14.3. The lowest BCUT2D eigenvalue weighted by atomic mass is 9.93.